The van der Waals surface area contributed by atoms with E-state index in [0.29, 0.717) is 17.6 Å². The Balaban J connectivity index is 1.86. The van der Waals surface area contributed by atoms with Gasteiger partial charge in [0, 0.05) is 0 Å². The van der Waals surface area contributed by atoms with Crippen molar-refractivity contribution in [3.8, 4) is 5.75 Å². The molecule has 2 saturated carbocycles. The third-order valence-corrected chi connectivity index (χ3v) is 5.66. The fourth-order valence-electron chi connectivity index (χ4n) is 4.15. The molecule has 1 aromatic rings. The molecule has 122 valence electrons. The van der Waals surface area contributed by atoms with E-state index in [9.17, 15) is 8.39 Å². The van der Waals surface area contributed by atoms with E-state index in [1.807, 2.05) is 12.1 Å². The van der Waals surface area contributed by atoms with Crippen LogP contribution in [-0.2, 0) is 0 Å². The lowest BCUT2D eigenvalue weighted by atomic mass is 9.79. The van der Waals surface area contributed by atoms with Crippen LogP contribution in [0.1, 0.15) is 87.2 Å². The maximum absolute atomic E-state index is 12.8. The lowest BCUT2D eigenvalue weighted by Crippen LogP contribution is -2.09. The molecule has 1 nitrogen and oxygen atoms in total. The second kappa shape index (κ2) is 7.73. The summed E-state index contributed by atoms with van der Waals surface area (Å²) >= 11 is 0. The quantitative estimate of drug-likeness (QED) is 0.526. The van der Waals surface area contributed by atoms with Crippen molar-refractivity contribution in [2.75, 3.05) is 0 Å². The summed E-state index contributed by atoms with van der Waals surface area (Å²) in [7, 11) is -3.34. The largest absolute Gasteiger partial charge is 0.481 e. The first-order chi connectivity index (χ1) is 10.7. The van der Waals surface area contributed by atoms with Gasteiger partial charge >= 0.3 is 8.77 Å². The molecule has 0 bridgehead atoms. The van der Waals surface area contributed by atoms with Crippen LogP contribution in [0.4, 0.5) is 8.39 Å². The molecule has 0 N–H and O–H groups in total. The minimum Gasteiger partial charge on any atom is -0.420 e. The second-order valence-electron chi connectivity index (χ2n) is 6.76. The molecule has 0 saturated heterocycles. The summed E-state index contributed by atoms with van der Waals surface area (Å²) in [5.74, 6) is 1.45. The zero-order valence-corrected chi connectivity index (χ0v) is 14.0. The first-order valence-electron chi connectivity index (χ1n) is 8.67. The van der Waals surface area contributed by atoms with Gasteiger partial charge in [-0.1, -0.05) is 50.7 Å². The predicted octanol–water partition coefficient (Wildman–Crippen LogP) is 7.33. The highest BCUT2D eigenvalue weighted by molar-refractivity contribution is 7.41. The first-order valence-corrected chi connectivity index (χ1v) is 9.71. The predicted molar refractivity (Wildman–Crippen MR) is 87.9 cm³/mol. The molecule has 0 radical (unpaired) electrons. The lowest BCUT2D eigenvalue weighted by molar-refractivity contribution is 0.423. The molecule has 2 fully saturated rings. The minimum absolute atomic E-state index is 0.405. The maximum atomic E-state index is 12.8. The zero-order valence-electron chi connectivity index (χ0n) is 13.1. The average Bonchev–Trinajstić information content (AvgIpc) is 2.56. The molecule has 1 aromatic carbocycles. The Kier molecular flexibility index (Phi) is 5.68. The number of rotatable bonds is 4. The van der Waals surface area contributed by atoms with Crippen LogP contribution in [0.5, 0.6) is 5.75 Å². The molecule has 0 aromatic heterocycles. The van der Waals surface area contributed by atoms with Crippen LogP contribution in [0.2, 0.25) is 0 Å². The average molecular weight is 326 g/mol. The third kappa shape index (κ3) is 3.98. The Hall–Kier alpha value is -0.690. The van der Waals surface area contributed by atoms with Crippen molar-refractivity contribution >= 4 is 8.77 Å². The van der Waals surface area contributed by atoms with Gasteiger partial charge in [-0.2, -0.15) is 0 Å². The van der Waals surface area contributed by atoms with Gasteiger partial charge in [-0.05, 0) is 54.7 Å². The molecule has 0 spiro atoms. The molecule has 2 aliphatic carbocycles. The number of halogens is 2. The SMILES string of the molecule is FP(F)Oc1ccc(C2CCCCC2)cc1C1CCCCC1. The first kappa shape index (κ1) is 16.2. The fraction of sp³-hybridized carbons (Fsp3) is 0.667. The van der Waals surface area contributed by atoms with E-state index in [2.05, 4.69) is 6.07 Å². The summed E-state index contributed by atoms with van der Waals surface area (Å²) in [4.78, 5) is 0. The van der Waals surface area contributed by atoms with Crippen LogP contribution < -0.4 is 4.52 Å². The maximum Gasteiger partial charge on any atom is 0.481 e. The highest BCUT2D eigenvalue weighted by Crippen LogP contribution is 2.47. The summed E-state index contributed by atoms with van der Waals surface area (Å²) in [5.41, 5.74) is 2.39. The van der Waals surface area contributed by atoms with Crippen molar-refractivity contribution < 1.29 is 12.9 Å². The van der Waals surface area contributed by atoms with Gasteiger partial charge in [0.05, 0.1) is 0 Å². The number of benzene rings is 1. The van der Waals surface area contributed by atoms with Gasteiger partial charge < -0.3 is 4.52 Å². The molecule has 3 rings (SSSR count). The van der Waals surface area contributed by atoms with Gasteiger partial charge in [0.15, 0.2) is 0 Å². The van der Waals surface area contributed by atoms with Crippen LogP contribution in [0.3, 0.4) is 0 Å². The molecule has 0 amide bonds. The smallest absolute Gasteiger partial charge is 0.420 e. The van der Waals surface area contributed by atoms with E-state index in [1.54, 1.807) is 0 Å². The fourth-order valence-corrected chi connectivity index (χ4v) is 4.46. The van der Waals surface area contributed by atoms with Gasteiger partial charge in [-0.3, -0.25) is 0 Å². The molecular formula is C18H25F2OP. The topological polar surface area (TPSA) is 9.23 Å². The van der Waals surface area contributed by atoms with Crippen molar-refractivity contribution in [1.82, 2.24) is 0 Å². The monoisotopic (exact) mass is 326 g/mol. The Morgan fingerprint density at radius 3 is 2.00 bits per heavy atom. The van der Waals surface area contributed by atoms with E-state index in [0.717, 1.165) is 18.4 Å². The van der Waals surface area contributed by atoms with E-state index in [-0.39, 0.29) is 0 Å². The van der Waals surface area contributed by atoms with Crippen molar-refractivity contribution in [2.45, 2.75) is 76.0 Å². The summed E-state index contributed by atoms with van der Waals surface area (Å²) in [5, 5.41) is 0. The number of hydrogen-bond acceptors (Lipinski definition) is 1. The van der Waals surface area contributed by atoms with Crippen LogP contribution in [0.15, 0.2) is 18.2 Å². The lowest BCUT2D eigenvalue weighted by Gasteiger charge is -2.27. The summed E-state index contributed by atoms with van der Waals surface area (Å²) in [6.07, 6.45) is 12.3. The summed E-state index contributed by atoms with van der Waals surface area (Å²) in [6, 6.07) is 6.03. The zero-order chi connectivity index (χ0) is 15.4. The van der Waals surface area contributed by atoms with Gasteiger partial charge in [0.2, 0.25) is 0 Å². The summed E-state index contributed by atoms with van der Waals surface area (Å²) in [6.45, 7) is 0. The van der Waals surface area contributed by atoms with Crippen LogP contribution in [-0.4, -0.2) is 0 Å². The highest BCUT2D eigenvalue weighted by atomic mass is 31.2. The highest BCUT2D eigenvalue weighted by Gasteiger charge is 2.24. The molecule has 0 unspecified atom stereocenters. The minimum atomic E-state index is -3.34. The van der Waals surface area contributed by atoms with Gasteiger partial charge in [-0.25, -0.2) is 0 Å². The molecule has 22 heavy (non-hydrogen) atoms. The van der Waals surface area contributed by atoms with E-state index >= 15 is 0 Å². The Labute approximate surface area is 133 Å². The second-order valence-corrected chi connectivity index (χ2v) is 7.35. The Morgan fingerprint density at radius 1 is 0.818 bits per heavy atom. The molecule has 0 aliphatic heterocycles. The molecule has 0 atom stereocenters. The van der Waals surface area contributed by atoms with Crippen LogP contribution in [0.25, 0.3) is 0 Å². The van der Waals surface area contributed by atoms with E-state index in [4.69, 9.17) is 4.52 Å². The number of hydrogen-bond donors (Lipinski definition) is 0. The van der Waals surface area contributed by atoms with Crippen molar-refractivity contribution in [2.24, 2.45) is 0 Å². The van der Waals surface area contributed by atoms with Crippen molar-refractivity contribution in [3.05, 3.63) is 29.3 Å². The van der Waals surface area contributed by atoms with Crippen LogP contribution in [0, 0.1) is 0 Å². The van der Waals surface area contributed by atoms with E-state index in [1.165, 1.54) is 56.9 Å². The third-order valence-electron chi connectivity index (χ3n) is 5.32. The molecule has 2 aliphatic rings. The van der Waals surface area contributed by atoms with Gasteiger partial charge in [0.1, 0.15) is 5.75 Å². The van der Waals surface area contributed by atoms with Gasteiger partial charge in [-0.15, -0.1) is 8.39 Å². The van der Waals surface area contributed by atoms with Crippen LogP contribution >= 0.6 is 8.77 Å². The normalized spacial score (nSPS) is 21.2. The van der Waals surface area contributed by atoms with Crippen molar-refractivity contribution in [1.29, 1.82) is 0 Å². The van der Waals surface area contributed by atoms with Gasteiger partial charge in [0.25, 0.3) is 0 Å². The van der Waals surface area contributed by atoms with E-state index < -0.39 is 8.77 Å². The van der Waals surface area contributed by atoms with Crippen molar-refractivity contribution in [3.63, 3.8) is 0 Å². The summed E-state index contributed by atoms with van der Waals surface area (Å²) < 4.78 is 30.4. The molecule has 4 heteroatoms. The molecule has 0 heterocycles. The molecular weight excluding hydrogens is 301 g/mol. The Morgan fingerprint density at radius 2 is 1.41 bits per heavy atom. The Bertz CT molecular complexity index is 480. The standard InChI is InChI=1S/C18H25F2OP/c19-22(20)21-18-12-11-16(14-7-3-1-4-8-14)13-17(18)15-9-5-2-6-10-15/h11-15H,1-10H2.